The number of benzene rings is 2. The molecule has 4 nitrogen and oxygen atoms in total. The van der Waals surface area contributed by atoms with Crippen molar-refractivity contribution >= 4 is 0 Å². The lowest BCUT2D eigenvalue weighted by molar-refractivity contribution is 0.138. The van der Waals surface area contributed by atoms with Gasteiger partial charge in [0.05, 0.1) is 12.5 Å². The maximum absolute atomic E-state index is 10.5. The number of phenolic OH excluding ortho intramolecular Hbond substituents is 2. The Morgan fingerprint density at radius 3 is 2.62 bits per heavy atom. The van der Waals surface area contributed by atoms with Gasteiger partial charge in [-0.3, -0.25) is 0 Å². The molecule has 0 amide bonds. The van der Waals surface area contributed by atoms with E-state index in [9.17, 15) is 10.2 Å². The second-order valence-corrected chi connectivity index (χ2v) is 8.76. The van der Waals surface area contributed by atoms with E-state index < -0.39 is 0 Å². The fourth-order valence-electron chi connectivity index (χ4n) is 4.14. The third kappa shape index (κ3) is 3.17. The van der Waals surface area contributed by atoms with Crippen molar-refractivity contribution in [2.24, 2.45) is 0 Å². The highest BCUT2D eigenvalue weighted by molar-refractivity contribution is 5.59. The molecule has 0 aliphatic carbocycles. The third-order valence-corrected chi connectivity index (χ3v) is 6.05. The minimum Gasteiger partial charge on any atom is -0.508 e. The van der Waals surface area contributed by atoms with E-state index in [1.165, 1.54) is 5.57 Å². The van der Waals surface area contributed by atoms with Crippen LogP contribution in [-0.2, 0) is 11.8 Å². The first-order valence-corrected chi connectivity index (χ1v) is 10.0. The molecule has 2 aromatic rings. The van der Waals surface area contributed by atoms with Gasteiger partial charge < -0.3 is 19.7 Å². The molecule has 2 aliphatic rings. The van der Waals surface area contributed by atoms with Gasteiger partial charge in [0.15, 0.2) is 0 Å². The van der Waals surface area contributed by atoms with Crippen LogP contribution in [0, 0.1) is 0 Å². The fourth-order valence-corrected chi connectivity index (χ4v) is 4.14. The average Bonchev–Trinajstić information content (AvgIpc) is 3.05. The predicted molar refractivity (Wildman–Crippen MR) is 114 cm³/mol. The van der Waals surface area contributed by atoms with Crippen LogP contribution in [0.15, 0.2) is 48.6 Å². The van der Waals surface area contributed by atoms with Gasteiger partial charge in [0.2, 0.25) is 0 Å². The summed E-state index contributed by atoms with van der Waals surface area (Å²) in [5, 5.41) is 21.0. The van der Waals surface area contributed by atoms with E-state index in [4.69, 9.17) is 9.47 Å². The largest absolute Gasteiger partial charge is 0.508 e. The van der Waals surface area contributed by atoms with Crippen LogP contribution >= 0.6 is 0 Å². The summed E-state index contributed by atoms with van der Waals surface area (Å²) in [7, 11) is 0. The molecule has 0 saturated heterocycles. The molecule has 2 N–H and O–H groups in total. The summed E-state index contributed by atoms with van der Waals surface area (Å²) < 4.78 is 12.5. The van der Waals surface area contributed by atoms with Gasteiger partial charge in [0, 0.05) is 33.7 Å². The minimum absolute atomic E-state index is 0.0489. The highest BCUT2D eigenvalue weighted by Gasteiger charge is 2.43. The summed E-state index contributed by atoms with van der Waals surface area (Å²) in [6.07, 6.45) is 4.33. The van der Waals surface area contributed by atoms with Crippen LogP contribution in [0.3, 0.4) is 0 Å². The number of hydrogen-bond acceptors (Lipinski definition) is 4. The smallest absolute Gasteiger partial charge is 0.138 e. The van der Waals surface area contributed by atoms with Gasteiger partial charge in [0.1, 0.15) is 29.1 Å². The zero-order chi connectivity index (χ0) is 20.9. The molecular weight excluding hydrogens is 364 g/mol. The quantitative estimate of drug-likeness (QED) is 0.657. The van der Waals surface area contributed by atoms with Crippen LogP contribution in [0.1, 0.15) is 62.0 Å². The average molecular weight is 392 g/mol. The molecule has 0 fully saturated rings. The predicted octanol–water partition coefficient (Wildman–Crippen LogP) is 5.68. The SMILES string of the molecule is C=CC(C)(C)c1cc2c(cc1O)OC[C@H]1c3ccc(O)c(CC=C(C)C)c3O[C@@H]21. The number of fused-ring (bicyclic) bond motifs is 5. The first-order chi connectivity index (χ1) is 13.7. The van der Waals surface area contributed by atoms with Gasteiger partial charge in [-0.1, -0.05) is 37.6 Å². The number of aromatic hydroxyl groups is 2. The highest BCUT2D eigenvalue weighted by atomic mass is 16.5. The summed E-state index contributed by atoms with van der Waals surface area (Å²) in [5.41, 5.74) is 4.40. The molecule has 0 spiro atoms. The van der Waals surface area contributed by atoms with Crippen molar-refractivity contribution in [2.45, 2.75) is 51.6 Å². The van der Waals surface area contributed by atoms with Gasteiger partial charge in [-0.2, -0.15) is 0 Å². The Bertz CT molecular complexity index is 1010. The summed E-state index contributed by atoms with van der Waals surface area (Å²) >= 11 is 0. The molecule has 0 unspecified atom stereocenters. The summed E-state index contributed by atoms with van der Waals surface area (Å²) in [6.45, 7) is 12.5. The van der Waals surface area contributed by atoms with Crippen LogP contribution in [0.25, 0.3) is 0 Å². The molecular formula is C25H28O4. The number of phenols is 2. The Morgan fingerprint density at radius 2 is 1.93 bits per heavy atom. The Labute approximate surface area is 172 Å². The molecule has 29 heavy (non-hydrogen) atoms. The van der Waals surface area contributed by atoms with Crippen LogP contribution < -0.4 is 9.47 Å². The van der Waals surface area contributed by atoms with E-state index in [2.05, 4.69) is 12.7 Å². The lowest BCUT2D eigenvalue weighted by Crippen LogP contribution is -2.24. The Morgan fingerprint density at radius 1 is 1.17 bits per heavy atom. The standard InChI is InChI=1S/C25H28O4/c1-6-25(4,5)19-11-17-22(12-21(19)27)28-13-18-15-9-10-20(26)16(8-7-14(2)3)23(15)29-24(17)18/h6-7,9-12,18,24,26-27H,1,8,13H2,2-5H3/t18-,24-/m0/s1. The molecule has 4 heteroatoms. The summed E-state index contributed by atoms with van der Waals surface area (Å²) in [5.74, 6) is 1.90. The first-order valence-electron chi connectivity index (χ1n) is 10.0. The molecule has 2 atom stereocenters. The molecule has 0 saturated carbocycles. The lowest BCUT2D eigenvalue weighted by Gasteiger charge is -2.31. The Hall–Kier alpha value is -2.88. The van der Waals surface area contributed by atoms with Crippen molar-refractivity contribution in [1.29, 1.82) is 0 Å². The van der Waals surface area contributed by atoms with E-state index in [1.807, 2.05) is 45.9 Å². The van der Waals surface area contributed by atoms with Crippen molar-refractivity contribution in [2.75, 3.05) is 6.61 Å². The van der Waals surface area contributed by atoms with Crippen LogP contribution in [-0.4, -0.2) is 16.8 Å². The van der Waals surface area contributed by atoms with Gasteiger partial charge in [-0.15, -0.1) is 6.58 Å². The maximum atomic E-state index is 10.5. The number of rotatable bonds is 4. The van der Waals surface area contributed by atoms with Crippen molar-refractivity contribution in [3.8, 4) is 23.0 Å². The highest BCUT2D eigenvalue weighted by Crippen LogP contribution is 2.54. The van der Waals surface area contributed by atoms with Gasteiger partial charge in [0.25, 0.3) is 0 Å². The van der Waals surface area contributed by atoms with E-state index in [1.54, 1.807) is 12.1 Å². The van der Waals surface area contributed by atoms with Gasteiger partial charge >= 0.3 is 0 Å². The first kappa shape index (κ1) is 19.4. The second kappa shape index (κ2) is 6.87. The van der Waals surface area contributed by atoms with Crippen molar-refractivity contribution < 1.29 is 19.7 Å². The van der Waals surface area contributed by atoms with Crippen molar-refractivity contribution in [1.82, 2.24) is 0 Å². The molecule has 4 rings (SSSR count). The molecule has 0 radical (unpaired) electrons. The Balaban J connectivity index is 1.80. The molecule has 0 bridgehead atoms. The van der Waals surface area contributed by atoms with Gasteiger partial charge in [-0.05, 0) is 32.4 Å². The molecule has 2 heterocycles. The fraction of sp³-hybridized carbons (Fsp3) is 0.360. The molecule has 2 aromatic carbocycles. The van der Waals surface area contributed by atoms with Crippen LogP contribution in [0.5, 0.6) is 23.0 Å². The van der Waals surface area contributed by atoms with Crippen LogP contribution in [0.4, 0.5) is 0 Å². The van der Waals surface area contributed by atoms with Crippen LogP contribution in [0.2, 0.25) is 0 Å². The number of hydrogen-bond donors (Lipinski definition) is 2. The number of allylic oxidation sites excluding steroid dienone is 3. The Kier molecular flexibility index (Phi) is 4.60. The van der Waals surface area contributed by atoms with E-state index >= 15 is 0 Å². The minimum atomic E-state index is -0.385. The van der Waals surface area contributed by atoms with Gasteiger partial charge in [-0.25, -0.2) is 0 Å². The second-order valence-electron chi connectivity index (χ2n) is 8.76. The zero-order valence-electron chi connectivity index (χ0n) is 17.5. The van der Waals surface area contributed by atoms with E-state index in [0.717, 1.165) is 28.0 Å². The van der Waals surface area contributed by atoms with Crippen molar-refractivity contribution in [3.05, 3.63) is 70.8 Å². The molecule has 2 aliphatic heterocycles. The van der Waals surface area contributed by atoms with Crippen molar-refractivity contribution in [3.63, 3.8) is 0 Å². The maximum Gasteiger partial charge on any atom is 0.138 e. The monoisotopic (exact) mass is 392 g/mol. The zero-order valence-corrected chi connectivity index (χ0v) is 17.5. The number of ether oxygens (including phenoxy) is 2. The summed E-state index contributed by atoms with van der Waals surface area (Å²) in [6, 6.07) is 7.34. The molecule has 152 valence electrons. The molecule has 0 aromatic heterocycles. The normalized spacial score (nSPS) is 19.3. The third-order valence-electron chi connectivity index (χ3n) is 6.05. The van der Waals surface area contributed by atoms with E-state index in [-0.39, 0.29) is 28.9 Å². The van der Waals surface area contributed by atoms with E-state index in [0.29, 0.717) is 18.8 Å². The lowest BCUT2D eigenvalue weighted by atomic mass is 9.81. The summed E-state index contributed by atoms with van der Waals surface area (Å²) in [4.78, 5) is 0. The topological polar surface area (TPSA) is 58.9 Å².